The maximum atomic E-state index is 11.9. The fraction of sp³-hybridized carbons (Fsp3) is 0.429. The number of aromatic amines is 1. The Kier molecular flexibility index (Phi) is 4.21. The number of aryl methyl sites for hydroxylation is 2. The summed E-state index contributed by atoms with van der Waals surface area (Å²) < 4.78 is 1.43. The van der Waals surface area contributed by atoms with Gasteiger partial charge in [0.25, 0.3) is 5.56 Å². The Balaban J connectivity index is 2.36. The zero-order valence-corrected chi connectivity index (χ0v) is 12.6. The number of rotatable bonds is 4. The van der Waals surface area contributed by atoms with Crippen molar-refractivity contribution in [1.29, 1.82) is 0 Å². The number of hydrogen-bond acceptors (Lipinski definition) is 4. The molecule has 0 aliphatic rings. The van der Waals surface area contributed by atoms with Crippen molar-refractivity contribution in [2.75, 3.05) is 5.32 Å². The number of H-pyrrole nitrogens is 1. The standard InChI is InChI=1S/C14H19N5O2/c1-8(2)5-12(20)16-11-6-10(4)18-19(11)14-15-9(3)7-13(21)17-14/h6-8H,5H2,1-4H3,(H,16,20)(H,15,17,21). The number of carbonyl (C=O) groups excluding carboxylic acids is 1. The molecule has 2 rings (SSSR count). The number of amides is 1. The van der Waals surface area contributed by atoms with Crippen LogP contribution in [0.4, 0.5) is 5.82 Å². The average molecular weight is 289 g/mol. The van der Waals surface area contributed by atoms with Gasteiger partial charge in [0, 0.05) is 24.2 Å². The van der Waals surface area contributed by atoms with E-state index in [-0.39, 0.29) is 23.3 Å². The van der Waals surface area contributed by atoms with Crippen molar-refractivity contribution in [2.45, 2.75) is 34.1 Å². The average Bonchev–Trinajstić information content (AvgIpc) is 2.67. The molecule has 112 valence electrons. The first-order valence-electron chi connectivity index (χ1n) is 6.80. The molecule has 1 amide bonds. The maximum absolute atomic E-state index is 11.9. The summed E-state index contributed by atoms with van der Waals surface area (Å²) in [5.41, 5.74) is 1.05. The Morgan fingerprint density at radius 1 is 1.33 bits per heavy atom. The third-order valence-electron chi connectivity index (χ3n) is 2.75. The van der Waals surface area contributed by atoms with Crippen LogP contribution in [0.25, 0.3) is 5.95 Å². The number of anilines is 1. The summed E-state index contributed by atoms with van der Waals surface area (Å²) in [4.78, 5) is 30.3. The molecule has 0 atom stereocenters. The SMILES string of the molecule is Cc1cc(=O)[nH]c(-n2nc(C)cc2NC(=O)CC(C)C)n1. The van der Waals surface area contributed by atoms with Crippen molar-refractivity contribution in [3.8, 4) is 5.95 Å². The van der Waals surface area contributed by atoms with Gasteiger partial charge in [-0.05, 0) is 19.8 Å². The fourth-order valence-electron chi connectivity index (χ4n) is 1.98. The molecule has 7 nitrogen and oxygen atoms in total. The van der Waals surface area contributed by atoms with E-state index in [0.29, 0.717) is 17.9 Å². The van der Waals surface area contributed by atoms with Gasteiger partial charge in [0.1, 0.15) is 5.82 Å². The van der Waals surface area contributed by atoms with E-state index in [1.54, 1.807) is 13.0 Å². The molecule has 2 N–H and O–H groups in total. The summed E-state index contributed by atoms with van der Waals surface area (Å²) in [6.45, 7) is 7.48. The first-order chi connectivity index (χ1) is 9.85. The highest BCUT2D eigenvalue weighted by Gasteiger charge is 2.13. The predicted molar refractivity (Wildman–Crippen MR) is 79.5 cm³/mol. The molecule has 0 unspecified atom stereocenters. The topological polar surface area (TPSA) is 92.7 Å². The minimum absolute atomic E-state index is 0.0962. The fourth-order valence-corrected chi connectivity index (χ4v) is 1.98. The number of hydrogen-bond donors (Lipinski definition) is 2. The molecule has 21 heavy (non-hydrogen) atoms. The van der Waals surface area contributed by atoms with Gasteiger partial charge < -0.3 is 5.32 Å². The van der Waals surface area contributed by atoms with Gasteiger partial charge in [-0.1, -0.05) is 13.8 Å². The minimum atomic E-state index is -0.259. The molecule has 2 aromatic heterocycles. The van der Waals surface area contributed by atoms with Crippen molar-refractivity contribution in [3.05, 3.63) is 33.9 Å². The van der Waals surface area contributed by atoms with Crippen LogP contribution in [0.5, 0.6) is 0 Å². The maximum Gasteiger partial charge on any atom is 0.252 e. The van der Waals surface area contributed by atoms with E-state index in [1.807, 2.05) is 20.8 Å². The minimum Gasteiger partial charge on any atom is -0.310 e. The molecular weight excluding hydrogens is 270 g/mol. The van der Waals surface area contributed by atoms with Crippen molar-refractivity contribution < 1.29 is 4.79 Å². The van der Waals surface area contributed by atoms with Crippen molar-refractivity contribution in [2.24, 2.45) is 5.92 Å². The summed E-state index contributed by atoms with van der Waals surface area (Å²) in [5.74, 6) is 0.945. The monoisotopic (exact) mass is 289 g/mol. The summed E-state index contributed by atoms with van der Waals surface area (Å²) in [6, 6.07) is 3.14. The number of aromatic nitrogens is 4. The summed E-state index contributed by atoms with van der Waals surface area (Å²) in [7, 11) is 0. The second-order valence-electron chi connectivity index (χ2n) is 5.44. The van der Waals surface area contributed by atoms with Crippen LogP contribution in [-0.2, 0) is 4.79 Å². The Hall–Kier alpha value is -2.44. The van der Waals surface area contributed by atoms with E-state index in [4.69, 9.17) is 0 Å². The van der Waals surface area contributed by atoms with E-state index < -0.39 is 0 Å². The molecule has 0 saturated carbocycles. The van der Waals surface area contributed by atoms with Crippen LogP contribution < -0.4 is 10.9 Å². The van der Waals surface area contributed by atoms with Crippen molar-refractivity contribution in [3.63, 3.8) is 0 Å². The lowest BCUT2D eigenvalue weighted by Crippen LogP contribution is -2.19. The lowest BCUT2D eigenvalue weighted by atomic mass is 10.1. The van der Waals surface area contributed by atoms with E-state index in [1.165, 1.54) is 10.7 Å². The van der Waals surface area contributed by atoms with Gasteiger partial charge in [0.05, 0.1) is 5.69 Å². The van der Waals surface area contributed by atoms with Crippen LogP contribution in [-0.4, -0.2) is 25.7 Å². The van der Waals surface area contributed by atoms with Gasteiger partial charge in [-0.25, -0.2) is 4.98 Å². The van der Waals surface area contributed by atoms with E-state index >= 15 is 0 Å². The molecule has 7 heteroatoms. The Morgan fingerprint density at radius 2 is 2.05 bits per heavy atom. The zero-order chi connectivity index (χ0) is 15.6. The molecule has 0 aromatic carbocycles. The Morgan fingerprint density at radius 3 is 2.67 bits per heavy atom. The number of nitrogens with one attached hydrogen (secondary N) is 2. The molecule has 0 fully saturated rings. The number of carbonyl (C=O) groups is 1. The zero-order valence-electron chi connectivity index (χ0n) is 12.6. The van der Waals surface area contributed by atoms with Gasteiger partial charge in [-0.3, -0.25) is 14.6 Å². The largest absolute Gasteiger partial charge is 0.310 e. The third-order valence-corrected chi connectivity index (χ3v) is 2.75. The molecule has 0 bridgehead atoms. The Bertz CT molecular complexity index is 714. The van der Waals surface area contributed by atoms with Gasteiger partial charge in [0.15, 0.2) is 0 Å². The molecule has 2 heterocycles. The Labute approximate surface area is 122 Å². The second kappa shape index (κ2) is 5.90. The van der Waals surface area contributed by atoms with Gasteiger partial charge in [-0.15, -0.1) is 0 Å². The molecule has 0 saturated heterocycles. The first kappa shape index (κ1) is 15.0. The normalized spacial score (nSPS) is 10.9. The van der Waals surface area contributed by atoms with Gasteiger partial charge >= 0.3 is 0 Å². The molecule has 0 aliphatic heterocycles. The lowest BCUT2D eigenvalue weighted by Gasteiger charge is -2.09. The highest BCUT2D eigenvalue weighted by atomic mass is 16.1. The van der Waals surface area contributed by atoms with Gasteiger partial charge in [0.2, 0.25) is 11.9 Å². The van der Waals surface area contributed by atoms with Crippen molar-refractivity contribution >= 4 is 11.7 Å². The smallest absolute Gasteiger partial charge is 0.252 e. The molecule has 0 spiro atoms. The van der Waals surface area contributed by atoms with E-state index in [0.717, 1.165) is 5.69 Å². The van der Waals surface area contributed by atoms with E-state index in [9.17, 15) is 9.59 Å². The van der Waals surface area contributed by atoms with Crippen LogP contribution >= 0.6 is 0 Å². The van der Waals surface area contributed by atoms with Gasteiger partial charge in [-0.2, -0.15) is 9.78 Å². The molecule has 2 aromatic rings. The highest BCUT2D eigenvalue weighted by molar-refractivity contribution is 5.90. The molecule has 0 radical (unpaired) electrons. The summed E-state index contributed by atoms with van der Waals surface area (Å²) in [6.07, 6.45) is 0.419. The predicted octanol–water partition coefficient (Wildman–Crippen LogP) is 1.56. The van der Waals surface area contributed by atoms with Crippen LogP contribution in [0.2, 0.25) is 0 Å². The number of nitrogens with zero attached hydrogens (tertiary/aromatic N) is 3. The van der Waals surface area contributed by atoms with Crippen LogP contribution in [0.1, 0.15) is 31.7 Å². The summed E-state index contributed by atoms with van der Waals surface area (Å²) >= 11 is 0. The van der Waals surface area contributed by atoms with Crippen molar-refractivity contribution in [1.82, 2.24) is 19.7 Å². The third kappa shape index (κ3) is 3.77. The highest BCUT2D eigenvalue weighted by Crippen LogP contribution is 2.15. The van der Waals surface area contributed by atoms with E-state index in [2.05, 4.69) is 20.4 Å². The lowest BCUT2D eigenvalue weighted by molar-refractivity contribution is -0.116. The molecular formula is C14H19N5O2. The molecule has 0 aliphatic carbocycles. The van der Waals surface area contributed by atoms with Crippen LogP contribution in [0.3, 0.4) is 0 Å². The van der Waals surface area contributed by atoms with Crippen LogP contribution in [0.15, 0.2) is 16.9 Å². The quantitative estimate of drug-likeness (QED) is 0.893. The second-order valence-corrected chi connectivity index (χ2v) is 5.44. The van der Waals surface area contributed by atoms with Crippen LogP contribution in [0, 0.1) is 19.8 Å². The first-order valence-corrected chi connectivity index (χ1v) is 6.80. The summed E-state index contributed by atoms with van der Waals surface area (Å²) in [5, 5.41) is 7.06.